The van der Waals surface area contributed by atoms with Crippen LogP contribution in [-0.2, 0) is 4.79 Å². The Morgan fingerprint density at radius 1 is 1.61 bits per heavy atom. The second kappa shape index (κ2) is 7.07. The second-order valence-electron chi connectivity index (χ2n) is 4.17. The van der Waals surface area contributed by atoms with Crippen molar-refractivity contribution >= 4 is 39.1 Å². The van der Waals surface area contributed by atoms with Crippen LogP contribution in [0.1, 0.15) is 19.8 Å². The quantitative estimate of drug-likeness (QED) is 0.863. The van der Waals surface area contributed by atoms with E-state index in [1.54, 1.807) is 0 Å². The van der Waals surface area contributed by atoms with E-state index in [2.05, 4.69) is 21.2 Å². The van der Waals surface area contributed by atoms with Gasteiger partial charge in [-0.1, -0.05) is 18.5 Å². The molecule has 0 saturated heterocycles. The zero-order chi connectivity index (χ0) is 13.7. The van der Waals surface area contributed by atoms with Gasteiger partial charge in [-0.25, -0.2) is 4.39 Å². The standard InChI is InChI=1S/C12H15BrClFN2O/c1-7(6-16)2-3-11(18)17-12-9(13)4-8(15)5-10(12)14/h4-5,7H,2-3,6,16H2,1H3,(H,17,18). The van der Waals surface area contributed by atoms with Gasteiger partial charge in [-0.15, -0.1) is 0 Å². The fraction of sp³-hybridized carbons (Fsp3) is 0.417. The molecule has 18 heavy (non-hydrogen) atoms. The number of rotatable bonds is 5. The first-order chi connectivity index (χ1) is 8.43. The minimum atomic E-state index is -0.457. The molecule has 0 aromatic heterocycles. The number of benzene rings is 1. The van der Waals surface area contributed by atoms with Crippen LogP contribution >= 0.6 is 27.5 Å². The van der Waals surface area contributed by atoms with E-state index in [0.29, 0.717) is 35.5 Å². The third-order valence-electron chi connectivity index (χ3n) is 2.54. The maximum absolute atomic E-state index is 13.0. The van der Waals surface area contributed by atoms with E-state index in [1.807, 2.05) is 6.92 Å². The van der Waals surface area contributed by atoms with Gasteiger partial charge in [0.2, 0.25) is 5.91 Å². The summed E-state index contributed by atoms with van der Waals surface area (Å²) in [6.45, 7) is 2.53. The average Bonchev–Trinajstić information content (AvgIpc) is 2.30. The van der Waals surface area contributed by atoms with Gasteiger partial charge in [0.1, 0.15) is 5.82 Å². The highest BCUT2D eigenvalue weighted by atomic mass is 79.9. The van der Waals surface area contributed by atoms with Crippen LogP contribution in [0.4, 0.5) is 10.1 Å². The number of hydrogen-bond acceptors (Lipinski definition) is 2. The Morgan fingerprint density at radius 3 is 2.83 bits per heavy atom. The lowest BCUT2D eigenvalue weighted by atomic mass is 10.1. The molecule has 6 heteroatoms. The molecular weight excluding hydrogens is 322 g/mol. The molecule has 0 aliphatic heterocycles. The van der Waals surface area contributed by atoms with Crippen molar-refractivity contribution in [1.29, 1.82) is 0 Å². The molecule has 1 rings (SSSR count). The predicted molar refractivity (Wildman–Crippen MR) is 75.2 cm³/mol. The molecule has 3 nitrogen and oxygen atoms in total. The van der Waals surface area contributed by atoms with Crippen molar-refractivity contribution in [3.8, 4) is 0 Å². The van der Waals surface area contributed by atoms with Gasteiger partial charge in [0.15, 0.2) is 0 Å². The first-order valence-electron chi connectivity index (χ1n) is 5.58. The largest absolute Gasteiger partial charge is 0.330 e. The van der Waals surface area contributed by atoms with Crippen molar-refractivity contribution in [3.05, 3.63) is 27.4 Å². The Kier molecular flexibility index (Phi) is 6.05. The lowest BCUT2D eigenvalue weighted by molar-refractivity contribution is -0.116. The molecule has 0 fully saturated rings. The van der Waals surface area contributed by atoms with Crippen molar-refractivity contribution in [1.82, 2.24) is 0 Å². The van der Waals surface area contributed by atoms with Gasteiger partial charge in [0.05, 0.1) is 10.7 Å². The van der Waals surface area contributed by atoms with Gasteiger partial charge in [0, 0.05) is 10.9 Å². The number of nitrogens with two attached hydrogens (primary N) is 1. The van der Waals surface area contributed by atoms with Gasteiger partial charge < -0.3 is 11.1 Å². The molecule has 0 aliphatic carbocycles. The summed E-state index contributed by atoms with van der Waals surface area (Å²) in [7, 11) is 0. The number of amides is 1. The zero-order valence-electron chi connectivity index (χ0n) is 9.97. The number of anilines is 1. The SMILES string of the molecule is CC(CN)CCC(=O)Nc1c(Cl)cc(F)cc1Br. The number of carbonyl (C=O) groups is 1. The summed E-state index contributed by atoms with van der Waals surface area (Å²) in [6, 6.07) is 2.41. The Hall–Kier alpha value is -0.650. The van der Waals surface area contributed by atoms with Crippen LogP contribution < -0.4 is 11.1 Å². The van der Waals surface area contributed by atoms with E-state index in [9.17, 15) is 9.18 Å². The molecule has 100 valence electrons. The monoisotopic (exact) mass is 336 g/mol. The summed E-state index contributed by atoms with van der Waals surface area (Å²) in [4.78, 5) is 11.7. The number of nitrogens with one attached hydrogen (secondary N) is 1. The van der Waals surface area contributed by atoms with E-state index in [1.165, 1.54) is 6.07 Å². The predicted octanol–water partition coefficient (Wildman–Crippen LogP) is 3.56. The van der Waals surface area contributed by atoms with Crippen molar-refractivity contribution in [3.63, 3.8) is 0 Å². The Bertz CT molecular complexity index is 419. The summed E-state index contributed by atoms with van der Waals surface area (Å²) in [6.07, 6.45) is 1.07. The Balaban J connectivity index is 2.65. The second-order valence-corrected chi connectivity index (χ2v) is 5.43. The van der Waals surface area contributed by atoms with Crippen LogP contribution in [0.15, 0.2) is 16.6 Å². The van der Waals surface area contributed by atoms with Gasteiger partial charge in [-0.2, -0.15) is 0 Å². The van der Waals surface area contributed by atoms with Crippen LogP contribution in [-0.4, -0.2) is 12.5 Å². The van der Waals surface area contributed by atoms with Gasteiger partial charge in [-0.3, -0.25) is 4.79 Å². The molecule has 1 atom stereocenters. The maximum atomic E-state index is 13.0. The number of hydrogen-bond donors (Lipinski definition) is 2. The van der Waals surface area contributed by atoms with Crippen molar-refractivity contribution < 1.29 is 9.18 Å². The normalized spacial score (nSPS) is 12.3. The molecule has 1 aromatic carbocycles. The molecule has 0 bridgehead atoms. The highest BCUT2D eigenvalue weighted by molar-refractivity contribution is 9.10. The van der Waals surface area contributed by atoms with Gasteiger partial charge in [0.25, 0.3) is 0 Å². The topological polar surface area (TPSA) is 55.1 Å². The van der Waals surface area contributed by atoms with Gasteiger partial charge in [-0.05, 0) is 46.9 Å². The van der Waals surface area contributed by atoms with E-state index in [4.69, 9.17) is 17.3 Å². The minimum Gasteiger partial charge on any atom is -0.330 e. The lowest BCUT2D eigenvalue weighted by Crippen LogP contribution is -2.16. The molecule has 0 saturated carbocycles. The summed E-state index contributed by atoms with van der Waals surface area (Å²) < 4.78 is 13.4. The van der Waals surface area contributed by atoms with Gasteiger partial charge >= 0.3 is 0 Å². The van der Waals surface area contributed by atoms with Crippen LogP contribution in [0.25, 0.3) is 0 Å². The highest BCUT2D eigenvalue weighted by Crippen LogP contribution is 2.31. The van der Waals surface area contributed by atoms with Crippen LogP contribution in [0, 0.1) is 11.7 Å². The molecular formula is C12H15BrClFN2O. The van der Waals surface area contributed by atoms with E-state index < -0.39 is 5.82 Å². The van der Waals surface area contributed by atoms with Crippen LogP contribution in [0.3, 0.4) is 0 Å². The fourth-order valence-corrected chi connectivity index (χ4v) is 2.26. The zero-order valence-corrected chi connectivity index (χ0v) is 12.3. The Morgan fingerprint density at radius 2 is 2.28 bits per heavy atom. The molecule has 3 N–H and O–H groups in total. The van der Waals surface area contributed by atoms with Crippen molar-refractivity contribution in [2.24, 2.45) is 11.7 Å². The summed E-state index contributed by atoms with van der Waals surface area (Å²) >= 11 is 9.03. The molecule has 0 aliphatic rings. The molecule has 1 aromatic rings. The third-order valence-corrected chi connectivity index (χ3v) is 3.46. The first kappa shape index (κ1) is 15.4. The Labute approximate surface area is 119 Å². The van der Waals surface area contributed by atoms with Crippen LogP contribution in [0.5, 0.6) is 0 Å². The molecule has 1 unspecified atom stereocenters. The molecule has 0 heterocycles. The summed E-state index contributed by atoms with van der Waals surface area (Å²) in [5.74, 6) is -0.325. The number of carbonyl (C=O) groups excluding carboxylic acids is 1. The minimum absolute atomic E-state index is 0.162. The van der Waals surface area contributed by atoms with Crippen molar-refractivity contribution in [2.45, 2.75) is 19.8 Å². The maximum Gasteiger partial charge on any atom is 0.224 e. The third kappa shape index (κ3) is 4.55. The van der Waals surface area contributed by atoms with E-state index in [0.717, 1.165) is 6.07 Å². The molecule has 0 radical (unpaired) electrons. The summed E-state index contributed by atoms with van der Waals surface area (Å²) in [5, 5.41) is 2.83. The molecule has 1 amide bonds. The average molecular weight is 338 g/mol. The van der Waals surface area contributed by atoms with Crippen molar-refractivity contribution in [2.75, 3.05) is 11.9 Å². The first-order valence-corrected chi connectivity index (χ1v) is 6.75. The van der Waals surface area contributed by atoms with Crippen LogP contribution in [0.2, 0.25) is 5.02 Å². The van der Waals surface area contributed by atoms with E-state index in [-0.39, 0.29) is 10.9 Å². The fourth-order valence-electron chi connectivity index (χ4n) is 1.36. The smallest absolute Gasteiger partial charge is 0.224 e. The number of halogens is 3. The highest BCUT2D eigenvalue weighted by Gasteiger charge is 2.12. The molecule has 0 spiro atoms. The van der Waals surface area contributed by atoms with E-state index >= 15 is 0 Å². The lowest BCUT2D eigenvalue weighted by Gasteiger charge is -2.11. The summed E-state index contributed by atoms with van der Waals surface area (Å²) in [5.41, 5.74) is 5.87.